The maximum Gasteiger partial charge on any atom is 0.338 e. The molecule has 0 fully saturated rings. The Balaban J connectivity index is 2.09. The van der Waals surface area contributed by atoms with Crippen molar-refractivity contribution in [1.29, 1.82) is 0 Å². The van der Waals surface area contributed by atoms with Gasteiger partial charge in [-0.25, -0.2) is 4.79 Å². The lowest BCUT2D eigenvalue weighted by atomic mass is 10.2. The van der Waals surface area contributed by atoms with Gasteiger partial charge in [-0.2, -0.15) is 10.1 Å². The van der Waals surface area contributed by atoms with Crippen LogP contribution in [0.2, 0.25) is 0 Å². The third-order valence-electron chi connectivity index (χ3n) is 4.27. The lowest BCUT2D eigenvalue weighted by Crippen LogP contribution is -2.18. The van der Waals surface area contributed by atoms with Crippen LogP contribution >= 0.6 is 11.3 Å². The van der Waals surface area contributed by atoms with Gasteiger partial charge in [-0.05, 0) is 58.9 Å². The van der Waals surface area contributed by atoms with Crippen LogP contribution < -0.4 is 4.80 Å². The molecule has 28 heavy (non-hydrogen) atoms. The maximum absolute atomic E-state index is 12.8. The third kappa shape index (κ3) is 3.77. The molecule has 0 aliphatic carbocycles. The Bertz CT molecular complexity index is 1100. The van der Waals surface area contributed by atoms with Crippen LogP contribution in [0, 0.1) is 6.92 Å². The molecule has 7 nitrogen and oxygen atoms in total. The zero-order valence-electron chi connectivity index (χ0n) is 16.7. The van der Waals surface area contributed by atoms with Gasteiger partial charge in [0.05, 0.1) is 28.1 Å². The molecule has 1 amide bonds. The highest BCUT2D eigenvalue weighted by Gasteiger charge is 2.17. The molecule has 0 radical (unpaired) electrons. The minimum absolute atomic E-state index is 0.0655. The number of ether oxygens (including phenoxy) is 1. The number of nitrogens with zero attached hydrogens (tertiary/aromatic N) is 4. The monoisotopic (exact) mass is 400 g/mol. The van der Waals surface area contributed by atoms with Crippen LogP contribution in [0.15, 0.2) is 29.3 Å². The molecule has 148 valence electrons. The summed E-state index contributed by atoms with van der Waals surface area (Å²) in [7, 11) is 0. The number of hydrogen-bond donors (Lipinski definition) is 0. The zero-order valence-corrected chi connectivity index (χ0v) is 17.5. The van der Waals surface area contributed by atoms with E-state index >= 15 is 0 Å². The van der Waals surface area contributed by atoms with E-state index in [4.69, 9.17) is 4.74 Å². The minimum Gasteiger partial charge on any atom is -0.462 e. The fourth-order valence-electron chi connectivity index (χ4n) is 3.02. The van der Waals surface area contributed by atoms with Crippen LogP contribution in [-0.4, -0.2) is 32.8 Å². The van der Waals surface area contributed by atoms with E-state index < -0.39 is 0 Å². The summed E-state index contributed by atoms with van der Waals surface area (Å²) in [6.07, 6.45) is 0. The molecular formula is C20H24N4O3S. The highest BCUT2D eigenvalue weighted by Crippen LogP contribution is 2.20. The fourth-order valence-corrected chi connectivity index (χ4v) is 4.15. The first-order valence-corrected chi connectivity index (χ1v) is 10.1. The summed E-state index contributed by atoms with van der Waals surface area (Å²) in [4.78, 5) is 29.8. The SMILES string of the molecule is CCOC(=O)c1ccc2c(c1)sc(=NC(=O)c1cc(C)nn1C(C)C)n2CC. The van der Waals surface area contributed by atoms with Gasteiger partial charge in [0.1, 0.15) is 5.69 Å². The number of thiazole rings is 1. The molecule has 0 aliphatic heterocycles. The molecule has 0 spiro atoms. The number of benzene rings is 1. The summed E-state index contributed by atoms with van der Waals surface area (Å²) in [5.74, 6) is -0.680. The van der Waals surface area contributed by atoms with E-state index in [1.54, 1.807) is 29.8 Å². The lowest BCUT2D eigenvalue weighted by Gasteiger charge is -2.08. The number of carbonyl (C=O) groups is 2. The number of fused-ring (bicyclic) bond motifs is 1. The molecule has 2 heterocycles. The van der Waals surface area contributed by atoms with Crippen molar-refractivity contribution < 1.29 is 14.3 Å². The predicted octanol–water partition coefficient (Wildman–Crippen LogP) is 3.73. The van der Waals surface area contributed by atoms with Crippen molar-refractivity contribution in [2.75, 3.05) is 6.61 Å². The molecule has 0 unspecified atom stereocenters. The van der Waals surface area contributed by atoms with E-state index in [2.05, 4.69) is 10.1 Å². The topological polar surface area (TPSA) is 78.5 Å². The van der Waals surface area contributed by atoms with Gasteiger partial charge in [-0.3, -0.25) is 9.48 Å². The van der Waals surface area contributed by atoms with Gasteiger partial charge in [-0.15, -0.1) is 0 Å². The predicted molar refractivity (Wildman–Crippen MR) is 109 cm³/mol. The van der Waals surface area contributed by atoms with Gasteiger partial charge in [0.2, 0.25) is 0 Å². The first-order valence-electron chi connectivity index (χ1n) is 9.31. The minimum atomic E-state index is -0.355. The molecule has 8 heteroatoms. The van der Waals surface area contributed by atoms with Crippen molar-refractivity contribution in [1.82, 2.24) is 14.3 Å². The number of aromatic nitrogens is 3. The Kier molecular flexibility index (Phi) is 5.79. The van der Waals surface area contributed by atoms with Crippen LogP contribution in [0.5, 0.6) is 0 Å². The van der Waals surface area contributed by atoms with E-state index in [1.165, 1.54) is 11.3 Å². The first kappa shape index (κ1) is 20.0. The van der Waals surface area contributed by atoms with E-state index in [0.29, 0.717) is 29.2 Å². The normalized spacial score (nSPS) is 12.1. The lowest BCUT2D eigenvalue weighted by molar-refractivity contribution is 0.0526. The second kappa shape index (κ2) is 8.10. The highest BCUT2D eigenvalue weighted by molar-refractivity contribution is 7.16. The highest BCUT2D eigenvalue weighted by atomic mass is 32.1. The van der Waals surface area contributed by atoms with Crippen molar-refractivity contribution in [3.63, 3.8) is 0 Å². The molecule has 3 aromatic rings. The number of rotatable bonds is 5. The largest absolute Gasteiger partial charge is 0.462 e. The summed E-state index contributed by atoms with van der Waals surface area (Å²) in [6.45, 7) is 10.6. The Hall–Kier alpha value is -2.74. The second-order valence-electron chi connectivity index (χ2n) is 6.66. The number of esters is 1. The molecule has 3 rings (SSSR count). The summed E-state index contributed by atoms with van der Waals surface area (Å²) >= 11 is 1.38. The number of hydrogen-bond acceptors (Lipinski definition) is 5. The number of aryl methyl sites for hydroxylation is 2. The van der Waals surface area contributed by atoms with Crippen molar-refractivity contribution in [2.45, 2.75) is 47.2 Å². The molecule has 2 aromatic heterocycles. The molecule has 0 saturated heterocycles. The Morgan fingerprint density at radius 3 is 2.64 bits per heavy atom. The third-order valence-corrected chi connectivity index (χ3v) is 5.31. The van der Waals surface area contributed by atoms with Crippen molar-refractivity contribution in [2.24, 2.45) is 4.99 Å². The molecule has 0 N–H and O–H groups in total. The quantitative estimate of drug-likeness (QED) is 0.612. The van der Waals surface area contributed by atoms with Crippen molar-refractivity contribution in [3.8, 4) is 0 Å². The first-order chi connectivity index (χ1) is 13.3. The molecule has 1 aromatic carbocycles. The van der Waals surface area contributed by atoms with Gasteiger partial charge >= 0.3 is 5.97 Å². The van der Waals surface area contributed by atoms with E-state index in [1.807, 2.05) is 38.3 Å². The summed E-state index contributed by atoms with van der Waals surface area (Å²) in [5.41, 5.74) is 2.68. The van der Waals surface area contributed by atoms with Crippen LogP contribution in [0.4, 0.5) is 0 Å². The van der Waals surface area contributed by atoms with E-state index in [9.17, 15) is 9.59 Å². The van der Waals surface area contributed by atoms with Crippen LogP contribution in [0.25, 0.3) is 10.2 Å². The molecule has 0 bridgehead atoms. The van der Waals surface area contributed by atoms with Gasteiger partial charge in [0.15, 0.2) is 4.80 Å². The average molecular weight is 401 g/mol. The Labute approximate surface area is 167 Å². The molecule has 0 saturated carbocycles. The molecule has 0 aliphatic rings. The summed E-state index contributed by atoms with van der Waals surface area (Å²) in [6, 6.07) is 7.22. The van der Waals surface area contributed by atoms with Crippen molar-refractivity contribution >= 4 is 33.4 Å². The Morgan fingerprint density at radius 1 is 1.25 bits per heavy atom. The smallest absolute Gasteiger partial charge is 0.338 e. The van der Waals surface area contributed by atoms with Crippen LogP contribution in [-0.2, 0) is 11.3 Å². The Morgan fingerprint density at radius 2 is 2.00 bits per heavy atom. The zero-order chi connectivity index (χ0) is 20.4. The molecule has 0 atom stereocenters. The van der Waals surface area contributed by atoms with Crippen molar-refractivity contribution in [3.05, 3.63) is 46.0 Å². The van der Waals surface area contributed by atoms with Gasteiger partial charge in [0, 0.05) is 12.6 Å². The van der Waals surface area contributed by atoms with Crippen LogP contribution in [0.1, 0.15) is 60.3 Å². The van der Waals surface area contributed by atoms with E-state index in [0.717, 1.165) is 15.9 Å². The number of carbonyl (C=O) groups excluding carboxylic acids is 2. The van der Waals surface area contributed by atoms with Crippen LogP contribution in [0.3, 0.4) is 0 Å². The number of amides is 1. The second-order valence-corrected chi connectivity index (χ2v) is 7.67. The summed E-state index contributed by atoms with van der Waals surface area (Å²) < 4.78 is 9.62. The maximum atomic E-state index is 12.8. The fraction of sp³-hybridized carbons (Fsp3) is 0.400. The van der Waals surface area contributed by atoms with Gasteiger partial charge < -0.3 is 9.30 Å². The average Bonchev–Trinajstić information content (AvgIpc) is 3.21. The van der Waals surface area contributed by atoms with Gasteiger partial charge in [-0.1, -0.05) is 11.3 Å². The van der Waals surface area contributed by atoms with Gasteiger partial charge in [0.25, 0.3) is 5.91 Å². The standard InChI is InChI=1S/C20H24N4O3S/c1-6-23-15-9-8-14(19(26)27-7-2)11-17(15)28-20(23)21-18(25)16-10-13(5)22-24(16)12(3)4/h8-12H,6-7H2,1-5H3. The summed E-state index contributed by atoms with van der Waals surface area (Å²) in [5, 5.41) is 4.39. The molecular weight excluding hydrogens is 376 g/mol. The van der Waals surface area contributed by atoms with E-state index in [-0.39, 0.29) is 17.9 Å².